The molecule has 0 spiro atoms. The first kappa shape index (κ1) is 13.3. The predicted octanol–water partition coefficient (Wildman–Crippen LogP) is 4.88. The molecule has 4 heteroatoms. The number of rotatable bonds is 3. The van der Waals surface area contributed by atoms with Crippen LogP contribution in [0.25, 0.3) is 0 Å². The van der Waals surface area contributed by atoms with E-state index in [-0.39, 0.29) is 6.04 Å². The molecule has 0 saturated heterocycles. The summed E-state index contributed by atoms with van der Waals surface area (Å²) < 4.78 is 1.43. The molecule has 0 bridgehead atoms. The smallest absolute Gasteiger partial charge is 0.0991 e. The maximum Gasteiger partial charge on any atom is 0.0991 e. The molecular formula is C11H17Cl2NS. The van der Waals surface area contributed by atoms with Gasteiger partial charge in [0.15, 0.2) is 0 Å². The van der Waals surface area contributed by atoms with Gasteiger partial charge in [-0.1, -0.05) is 44.0 Å². The molecule has 0 radical (unpaired) electrons. The van der Waals surface area contributed by atoms with Gasteiger partial charge in [0.2, 0.25) is 0 Å². The van der Waals surface area contributed by atoms with Crippen LogP contribution >= 0.6 is 34.5 Å². The minimum Gasteiger partial charge on any atom is -0.324 e. The fourth-order valence-electron chi connectivity index (χ4n) is 1.35. The van der Waals surface area contributed by atoms with Crippen molar-refractivity contribution < 1.29 is 0 Å². The van der Waals surface area contributed by atoms with Crippen LogP contribution < -0.4 is 5.73 Å². The lowest BCUT2D eigenvalue weighted by Gasteiger charge is -2.20. The summed E-state index contributed by atoms with van der Waals surface area (Å²) in [5.41, 5.74) is 7.37. The molecule has 1 unspecified atom stereocenters. The third-order valence-corrected chi connectivity index (χ3v) is 3.81. The number of nitrogens with two attached hydrogens (primary N) is 1. The van der Waals surface area contributed by atoms with Crippen molar-refractivity contribution in [2.45, 2.75) is 39.7 Å². The van der Waals surface area contributed by atoms with Crippen molar-refractivity contribution >= 4 is 34.5 Å². The molecule has 0 aliphatic rings. The Balaban J connectivity index is 2.61. The number of halogens is 2. The third kappa shape index (κ3) is 4.31. The van der Waals surface area contributed by atoms with Gasteiger partial charge in [0.1, 0.15) is 0 Å². The molecule has 0 amide bonds. The molecule has 1 aromatic rings. The van der Waals surface area contributed by atoms with E-state index in [0.717, 1.165) is 22.7 Å². The van der Waals surface area contributed by atoms with E-state index >= 15 is 0 Å². The second-order valence-electron chi connectivity index (χ2n) is 4.99. The van der Waals surface area contributed by atoms with E-state index in [0.29, 0.717) is 9.75 Å². The first-order valence-corrected chi connectivity index (χ1v) is 6.57. The lowest BCUT2D eigenvalue weighted by Crippen LogP contribution is -2.14. The van der Waals surface area contributed by atoms with Crippen molar-refractivity contribution in [2.75, 3.05) is 0 Å². The Morgan fingerprint density at radius 1 is 1.40 bits per heavy atom. The van der Waals surface area contributed by atoms with Gasteiger partial charge < -0.3 is 5.73 Å². The average Bonchev–Trinajstić information content (AvgIpc) is 2.40. The van der Waals surface area contributed by atoms with Crippen molar-refractivity contribution in [2.24, 2.45) is 11.1 Å². The van der Waals surface area contributed by atoms with Crippen LogP contribution in [0, 0.1) is 5.41 Å². The van der Waals surface area contributed by atoms with Gasteiger partial charge in [-0.2, -0.15) is 0 Å². The lowest BCUT2D eigenvalue weighted by molar-refractivity contribution is 0.350. The SMILES string of the molecule is CC(C)(C)CCC(N)c1cc(Cl)sc1Cl. The van der Waals surface area contributed by atoms with Gasteiger partial charge in [0, 0.05) is 6.04 Å². The van der Waals surface area contributed by atoms with Gasteiger partial charge in [-0.15, -0.1) is 11.3 Å². The van der Waals surface area contributed by atoms with Crippen LogP contribution in [0.3, 0.4) is 0 Å². The monoisotopic (exact) mass is 265 g/mol. The summed E-state index contributed by atoms with van der Waals surface area (Å²) in [7, 11) is 0. The van der Waals surface area contributed by atoms with Gasteiger partial charge in [-0.05, 0) is 29.9 Å². The maximum absolute atomic E-state index is 6.08. The summed E-state index contributed by atoms with van der Waals surface area (Å²) in [6, 6.07) is 1.88. The van der Waals surface area contributed by atoms with E-state index in [2.05, 4.69) is 20.8 Å². The highest BCUT2D eigenvalue weighted by atomic mass is 35.5. The molecule has 1 atom stereocenters. The summed E-state index contributed by atoms with van der Waals surface area (Å²) >= 11 is 13.3. The van der Waals surface area contributed by atoms with Crippen LogP contribution in [-0.4, -0.2) is 0 Å². The topological polar surface area (TPSA) is 26.0 Å². The highest BCUT2D eigenvalue weighted by molar-refractivity contribution is 7.20. The molecule has 1 rings (SSSR count). The Labute approximate surface area is 106 Å². The van der Waals surface area contributed by atoms with Gasteiger partial charge in [-0.25, -0.2) is 0 Å². The highest BCUT2D eigenvalue weighted by Gasteiger charge is 2.17. The van der Waals surface area contributed by atoms with Crippen molar-refractivity contribution in [3.8, 4) is 0 Å². The van der Waals surface area contributed by atoms with Crippen LogP contribution in [0.2, 0.25) is 8.67 Å². The third-order valence-electron chi connectivity index (χ3n) is 2.29. The zero-order valence-electron chi connectivity index (χ0n) is 9.31. The summed E-state index contributed by atoms with van der Waals surface area (Å²) in [5, 5.41) is 0. The van der Waals surface area contributed by atoms with E-state index < -0.39 is 0 Å². The average molecular weight is 266 g/mol. The van der Waals surface area contributed by atoms with Gasteiger partial charge in [-0.3, -0.25) is 0 Å². The standard InChI is InChI=1S/C11H17Cl2NS/c1-11(2,3)5-4-8(14)7-6-9(12)15-10(7)13/h6,8H,4-5,14H2,1-3H3. The first-order valence-electron chi connectivity index (χ1n) is 5.00. The van der Waals surface area contributed by atoms with E-state index in [1.165, 1.54) is 11.3 Å². The molecule has 1 heterocycles. The Morgan fingerprint density at radius 2 is 2.00 bits per heavy atom. The predicted molar refractivity (Wildman–Crippen MR) is 70.0 cm³/mol. The van der Waals surface area contributed by atoms with E-state index in [4.69, 9.17) is 28.9 Å². The Bertz CT molecular complexity index is 328. The normalized spacial score (nSPS) is 14.3. The van der Waals surface area contributed by atoms with Crippen LogP contribution in [0.15, 0.2) is 6.07 Å². The summed E-state index contributed by atoms with van der Waals surface area (Å²) in [6.07, 6.45) is 2.02. The van der Waals surface area contributed by atoms with E-state index in [9.17, 15) is 0 Å². The number of hydrogen-bond acceptors (Lipinski definition) is 2. The van der Waals surface area contributed by atoms with Gasteiger partial charge in [0.05, 0.1) is 8.67 Å². The molecule has 0 aliphatic carbocycles. The Morgan fingerprint density at radius 3 is 2.40 bits per heavy atom. The molecule has 1 aromatic heterocycles. The van der Waals surface area contributed by atoms with Crippen LogP contribution in [0.4, 0.5) is 0 Å². The van der Waals surface area contributed by atoms with Crippen molar-refractivity contribution in [1.82, 2.24) is 0 Å². The molecule has 0 saturated carbocycles. The lowest BCUT2D eigenvalue weighted by atomic mass is 9.88. The quantitative estimate of drug-likeness (QED) is 0.828. The zero-order chi connectivity index (χ0) is 11.6. The van der Waals surface area contributed by atoms with Crippen molar-refractivity contribution in [1.29, 1.82) is 0 Å². The molecular weight excluding hydrogens is 249 g/mol. The van der Waals surface area contributed by atoms with Crippen LogP contribution in [0.1, 0.15) is 45.2 Å². The zero-order valence-corrected chi connectivity index (χ0v) is 11.6. The van der Waals surface area contributed by atoms with E-state index in [1.54, 1.807) is 0 Å². The van der Waals surface area contributed by atoms with Crippen molar-refractivity contribution in [3.05, 3.63) is 20.3 Å². The molecule has 86 valence electrons. The molecule has 2 N–H and O–H groups in total. The fourth-order valence-corrected chi connectivity index (χ4v) is 2.95. The summed E-state index contributed by atoms with van der Waals surface area (Å²) in [5.74, 6) is 0. The van der Waals surface area contributed by atoms with Crippen LogP contribution in [0.5, 0.6) is 0 Å². The number of hydrogen-bond donors (Lipinski definition) is 1. The summed E-state index contributed by atoms with van der Waals surface area (Å²) in [4.78, 5) is 0. The molecule has 0 aliphatic heterocycles. The largest absolute Gasteiger partial charge is 0.324 e. The minimum absolute atomic E-state index is 0.000440. The minimum atomic E-state index is 0.000440. The van der Waals surface area contributed by atoms with Crippen LogP contribution in [-0.2, 0) is 0 Å². The maximum atomic E-state index is 6.08. The molecule has 15 heavy (non-hydrogen) atoms. The fraction of sp³-hybridized carbons (Fsp3) is 0.636. The van der Waals surface area contributed by atoms with Gasteiger partial charge >= 0.3 is 0 Å². The van der Waals surface area contributed by atoms with E-state index in [1.807, 2.05) is 6.07 Å². The summed E-state index contributed by atoms with van der Waals surface area (Å²) in [6.45, 7) is 6.63. The Hall–Kier alpha value is 0.240. The number of thiophene rings is 1. The molecule has 0 aromatic carbocycles. The van der Waals surface area contributed by atoms with Gasteiger partial charge in [0.25, 0.3) is 0 Å². The Kier molecular flexibility index (Phi) is 4.48. The second kappa shape index (κ2) is 5.05. The molecule has 1 nitrogen and oxygen atoms in total. The highest BCUT2D eigenvalue weighted by Crippen LogP contribution is 2.36. The van der Waals surface area contributed by atoms with Crippen molar-refractivity contribution in [3.63, 3.8) is 0 Å². The second-order valence-corrected chi connectivity index (χ2v) is 7.27. The first-order chi connectivity index (χ1) is 6.79. The molecule has 0 fully saturated rings.